The molecule has 146 valence electrons. The van der Waals surface area contributed by atoms with Crippen molar-refractivity contribution in [2.24, 2.45) is 0 Å². The Morgan fingerprint density at radius 2 is 1.85 bits per heavy atom. The molecule has 27 heavy (non-hydrogen) atoms. The molecular formula is C18H19Cl2FN2O3S. The Morgan fingerprint density at radius 1 is 1.11 bits per heavy atom. The molecule has 1 amide bonds. The largest absolute Gasteiger partial charge is 0.319 e. The molecule has 0 fully saturated rings. The van der Waals surface area contributed by atoms with E-state index >= 15 is 0 Å². The van der Waals surface area contributed by atoms with E-state index in [0.29, 0.717) is 11.4 Å². The molecule has 0 aromatic heterocycles. The first-order chi connectivity index (χ1) is 12.7. The van der Waals surface area contributed by atoms with Gasteiger partial charge in [-0.2, -0.15) is 0 Å². The van der Waals surface area contributed by atoms with Gasteiger partial charge in [0, 0.05) is 11.6 Å². The van der Waals surface area contributed by atoms with E-state index in [1.165, 1.54) is 30.3 Å². The molecule has 2 rings (SSSR count). The van der Waals surface area contributed by atoms with Gasteiger partial charge < -0.3 is 5.32 Å². The summed E-state index contributed by atoms with van der Waals surface area (Å²) in [5.41, 5.74) is -0.0364. The fourth-order valence-corrected chi connectivity index (χ4v) is 3.87. The van der Waals surface area contributed by atoms with Gasteiger partial charge in [0.25, 0.3) is 5.91 Å². The molecule has 0 heterocycles. The number of amides is 1. The Kier molecular flexibility index (Phi) is 7.61. The molecule has 0 saturated heterocycles. The predicted octanol–water partition coefficient (Wildman–Crippen LogP) is 4.85. The number of halogens is 3. The number of benzene rings is 2. The molecule has 0 spiro atoms. The van der Waals surface area contributed by atoms with E-state index in [2.05, 4.69) is 10.0 Å². The summed E-state index contributed by atoms with van der Waals surface area (Å²) < 4.78 is 41.1. The average Bonchev–Trinajstić information content (AvgIpc) is 2.60. The molecular weight excluding hydrogens is 414 g/mol. The lowest BCUT2D eigenvalue weighted by molar-refractivity contribution is 0.102. The molecule has 0 saturated carbocycles. The Morgan fingerprint density at radius 3 is 2.48 bits per heavy atom. The van der Waals surface area contributed by atoms with Crippen molar-refractivity contribution in [3.63, 3.8) is 0 Å². The van der Waals surface area contributed by atoms with Gasteiger partial charge in [0.2, 0.25) is 10.0 Å². The summed E-state index contributed by atoms with van der Waals surface area (Å²) in [5.74, 6) is -1.51. The number of unbranched alkanes of at least 4 members (excludes halogenated alkanes) is 2. The van der Waals surface area contributed by atoms with Gasteiger partial charge in [-0.25, -0.2) is 17.5 Å². The lowest BCUT2D eigenvalue weighted by atomic mass is 10.2. The topological polar surface area (TPSA) is 75.3 Å². The summed E-state index contributed by atoms with van der Waals surface area (Å²) in [6.07, 6.45) is 2.56. The highest BCUT2D eigenvalue weighted by Gasteiger charge is 2.18. The first-order valence-corrected chi connectivity index (χ1v) is 10.5. The molecule has 2 N–H and O–H groups in total. The third-order valence-corrected chi connectivity index (χ3v) is 5.75. The lowest BCUT2D eigenvalue weighted by Gasteiger charge is -2.10. The van der Waals surface area contributed by atoms with Crippen LogP contribution in [0.25, 0.3) is 0 Å². The van der Waals surface area contributed by atoms with E-state index in [0.717, 1.165) is 18.9 Å². The number of rotatable bonds is 8. The summed E-state index contributed by atoms with van der Waals surface area (Å²) in [6, 6.07) is 7.58. The number of nitrogens with one attached hydrogen (secondary N) is 2. The third kappa shape index (κ3) is 5.90. The fraction of sp³-hybridized carbons (Fsp3) is 0.278. The van der Waals surface area contributed by atoms with E-state index in [-0.39, 0.29) is 27.7 Å². The molecule has 9 heteroatoms. The highest BCUT2D eigenvalue weighted by molar-refractivity contribution is 7.89. The quantitative estimate of drug-likeness (QED) is 0.585. The maximum Gasteiger partial charge on any atom is 0.257 e. The summed E-state index contributed by atoms with van der Waals surface area (Å²) in [5, 5.41) is 2.85. The minimum atomic E-state index is -3.81. The summed E-state index contributed by atoms with van der Waals surface area (Å²) in [7, 11) is -3.81. The van der Waals surface area contributed by atoms with Crippen molar-refractivity contribution in [3.05, 3.63) is 57.8 Å². The maximum absolute atomic E-state index is 14.3. The van der Waals surface area contributed by atoms with Gasteiger partial charge in [-0.1, -0.05) is 43.0 Å². The van der Waals surface area contributed by atoms with Crippen LogP contribution in [0.1, 0.15) is 36.5 Å². The summed E-state index contributed by atoms with van der Waals surface area (Å²) >= 11 is 11.7. The minimum absolute atomic E-state index is 0.120. The zero-order chi connectivity index (χ0) is 20.0. The van der Waals surface area contributed by atoms with E-state index < -0.39 is 21.7 Å². The van der Waals surface area contributed by atoms with Gasteiger partial charge >= 0.3 is 0 Å². The van der Waals surface area contributed by atoms with Gasteiger partial charge in [-0.15, -0.1) is 0 Å². The number of hydrogen-bond donors (Lipinski definition) is 2. The van der Waals surface area contributed by atoms with Crippen molar-refractivity contribution in [2.75, 3.05) is 11.9 Å². The van der Waals surface area contributed by atoms with Crippen LogP contribution < -0.4 is 10.0 Å². The number of hydrogen-bond acceptors (Lipinski definition) is 3. The second-order valence-corrected chi connectivity index (χ2v) is 8.44. The summed E-state index contributed by atoms with van der Waals surface area (Å²) in [6.45, 7) is 2.29. The van der Waals surface area contributed by atoms with Gasteiger partial charge in [-0.3, -0.25) is 4.79 Å². The van der Waals surface area contributed by atoms with Crippen LogP contribution in [0.3, 0.4) is 0 Å². The number of carbonyl (C=O) groups excluding carboxylic acids is 1. The van der Waals surface area contributed by atoms with Crippen LogP contribution in [0, 0.1) is 5.82 Å². The molecule has 5 nitrogen and oxygen atoms in total. The Labute approximate surface area is 167 Å². The second kappa shape index (κ2) is 9.50. The highest BCUT2D eigenvalue weighted by atomic mass is 35.5. The minimum Gasteiger partial charge on any atom is -0.319 e. The average molecular weight is 433 g/mol. The zero-order valence-corrected chi connectivity index (χ0v) is 16.9. The SMILES string of the molecule is CCCCCNS(=O)(=O)c1ccc(NC(=O)c2ccc(Cl)cc2Cl)c(F)c1. The van der Waals surface area contributed by atoms with E-state index in [4.69, 9.17) is 23.2 Å². The maximum atomic E-state index is 14.3. The molecule has 0 aliphatic carbocycles. The van der Waals surface area contributed by atoms with Gasteiger partial charge in [-0.05, 0) is 42.8 Å². The van der Waals surface area contributed by atoms with Crippen molar-refractivity contribution in [2.45, 2.75) is 31.1 Å². The second-order valence-electron chi connectivity index (χ2n) is 5.82. The van der Waals surface area contributed by atoms with E-state index in [1.807, 2.05) is 6.92 Å². The van der Waals surface area contributed by atoms with Gasteiger partial charge in [0.05, 0.1) is 21.2 Å². The monoisotopic (exact) mass is 432 g/mol. The summed E-state index contributed by atoms with van der Waals surface area (Å²) in [4.78, 5) is 12.0. The first-order valence-electron chi connectivity index (χ1n) is 8.30. The van der Waals surface area contributed by atoms with E-state index in [1.54, 1.807) is 0 Å². The normalized spacial score (nSPS) is 11.4. The molecule has 2 aromatic carbocycles. The van der Waals surface area contributed by atoms with Crippen LogP contribution in [-0.2, 0) is 10.0 Å². The molecule has 0 aliphatic heterocycles. The van der Waals surface area contributed by atoms with Crippen LogP contribution >= 0.6 is 23.2 Å². The van der Waals surface area contributed by atoms with E-state index in [9.17, 15) is 17.6 Å². The first kappa shape index (κ1) is 21.6. The van der Waals surface area contributed by atoms with Crippen LogP contribution in [0.2, 0.25) is 10.0 Å². The molecule has 0 radical (unpaired) electrons. The Hall–Kier alpha value is -1.67. The number of carbonyl (C=O) groups is 1. The standard InChI is InChI=1S/C18H19Cl2FN2O3S/c1-2-3-4-9-22-27(25,26)13-6-8-17(16(21)11-13)23-18(24)14-7-5-12(19)10-15(14)20/h5-8,10-11,22H,2-4,9H2,1H3,(H,23,24). The Balaban J connectivity index is 2.13. The Bertz CT molecular complexity index is 936. The number of sulfonamides is 1. The zero-order valence-electron chi connectivity index (χ0n) is 14.6. The van der Waals surface area contributed by atoms with Crippen LogP contribution in [0.15, 0.2) is 41.3 Å². The molecule has 0 unspecified atom stereocenters. The smallest absolute Gasteiger partial charge is 0.257 e. The van der Waals surface area contributed by atoms with Gasteiger partial charge in [0.1, 0.15) is 5.82 Å². The van der Waals surface area contributed by atoms with Crippen molar-refractivity contribution in [1.29, 1.82) is 0 Å². The van der Waals surface area contributed by atoms with Crippen molar-refractivity contribution in [1.82, 2.24) is 4.72 Å². The van der Waals surface area contributed by atoms with Crippen LogP contribution in [0.5, 0.6) is 0 Å². The molecule has 0 aliphatic rings. The molecule has 0 bridgehead atoms. The van der Waals surface area contributed by atoms with Crippen molar-refractivity contribution >= 4 is 44.8 Å². The van der Waals surface area contributed by atoms with Crippen molar-refractivity contribution < 1.29 is 17.6 Å². The predicted molar refractivity (Wildman–Crippen MR) is 106 cm³/mol. The lowest BCUT2D eigenvalue weighted by Crippen LogP contribution is -2.25. The van der Waals surface area contributed by atoms with Crippen LogP contribution in [0.4, 0.5) is 10.1 Å². The highest BCUT2D eigenvalue weighted by Crippen LogP contribution is 2.24. The third-order valence-electron chi connectivity index (χ3n) is 3.75. The molecule has 0 atom stereocenters. The molecule has 2 aromatic rings. The van der Waals surface area contributed by atoms with Crippen LogP contribution in [-0.4, -0.2) is 20.9 Å². The van der Waals surface area contributed by atoms with Gasteiger partial charge in [0.15, 0.2) is 0 Å². The number of anilines is 1. The fourth-order valence-electron chi connectivity index (χ4n) is 2.29. The van der Waals surface area contributed by atoms with Crippen molar-refractivity contribution in [3.8, 4) is 0 Å².